The molecule has 2 aromatic carbocycles. The molecule has 1 fully saturated rings. The highest BCUT2D eigenvalue weighted by Gasteiger charge is 2.22. The number of hydrogen-bond donors (Lipinski definition) is 1. The van der Waals surface area contributed by atoms with Gasteiger partial charge in [-0.15, -0.1) is 0 Å². The first-order valence-electron chi connectivity index (χ1n) is 10.5. The molecule has 0 radical (unpaired) electrons. The van der Waals surface area contributed by atoms with Gasteiger partial charge in [-0.05, 0) is 24.6 Å². The molecular formula is C24H27N5O3. The van der Waals surface area contributed by atoms with Crippen LogP contribution in [-0.2, 0) is 4.79 Å². The zero-order chi connectivity index (χ0) is 22.7. The number of nitrogens with two attached hydrogens (primary N) is 1. The number of ether oxygens (including phenoxy) is 2. The molecule has 2 N–H and O–H groups in total. The summed E-state index contributed by atoms with van der Waals surface area (Å²) in [5.41, 5.74) is 9.08. The number of piperazine rings is 1. The summed E-state index contributed by atoms with van der Waals surface area (Å²) in [6.07, 6.45) is 3.49. The molecule has 1 aliphatic heterocycles. The zero-order valence-electron chi connectivity index (χ0n) is 18.5. The number of amides is 1. The Labute approximate surface area is 187 Å². The number of anilines is 2. The van der Waals surface area contributed by atoms with Crippen molar-refractivity contribution in [2.45, 2.75) is 6.92 Å². The maximum Gasteiger partial charge on any atom is 0.246 e. The Balaban J connectivity index is 1.46. The van der Waals surface area contributed by atoms with Crippen LogP contribution >= 0.6 is 0 Å². The van der Waals surface area contributed by atoms with E-state index in [9.17, 15) is 4.79 Å². The topological polar surface area (TPSA) is 93.8 Å². The van der Waals surface area contributed by atoms with Gasteiger partial charge in [-0.25, -0.2) is 4.98 Å². The maximum atomic E-state index is 12.6. The molecule has 0 spiro atoms. The van der Waals surface area contributed by atoms with Gasteiger partial charge in [0.05, 0.1) is 19.7 Å². The minimum atomic E-state index is 0.00179. The number of fused-ring (bicyclic) bond motifs is 1. The summed E-state index contributed by atoms with van der Waals surface area (Å²) in [7, 11) is 3.16. The van der Waals surface area contributed by atoms with Crippen LogP contribution in [0.1, 0.15) is 11.1 Å². The van der Waals surface area contributed by atoms with E-state index < -0.39 is 0 Å². The first-order valence-corrected chi connectivity index (χ1v) is 10.5. The van der Waals surface area contributed by atoms with Crippen molar-refractivity contribution >= 4 is 34.7 Å². The van der Waals surface area contributed by atoms with Crippen LogP contribution in [0.3, 0.4) is 0 Å². The summed E-state index contributed by atoms with van der Waals surface area (Å²) >= 11 is 0. The molecule has 8 heteroatoms. The average molecular weight is 434 g/mol. The highest BCUT2D eigenvalue weighted by molar-refractivity contribution is 5.93. The zero-order valence-corrected chi connectivity index (χ0v) is 18.5. The van der Waals surface area contributed by atoms with Crippen molar-refractivity contribution in [3.63, 3.8) is 0 Å². The van der Waals surface area contributed by atoms with Gasteiger partial charge in [0.15, 0.2) is 11.5 Å². The number of nitrogens with zero attached hydrogens (tertiary/aromatic N) is 4. The molecule has 3 aromatic rings. The van der Waals surface area contributed by atoms with Crippen LogP contribution in [0, 0.1) is 6.92 Å². The average Bonchev–Trinajstić information content (AvgIpc) is 2.81. The second-order valence-electron chi connectivity index (χ2n) is 7.69. The second kappa shape index (κ2) is 9.13. The number of nitrogen functional groups attached to an aromatic ring is 1. The minimum absolute atomic E-state index is 0.00179. The van der Waals surface area contributed by atoms with E-state index in [1.165, 1.54) is 5.56 Å². The summed E-state index contributed by atoms with van der Waals surface area (Å²) in [5.74, 6) is 2.09. The molecule has 0 saturated carbocycles. The van der Waals surface area contributed by atoms with Gasteiger partial charge in [-0.1, -0.05) is 29.8 Å². The number of benzene rings is 2. The molecule has 1 amide bonds. The molecule has 1 aliphatic rings. The predicted octanol–water partition coefficient (Wildman–Crippen LogP) is 2.90. The molecule has 32 heavy (non-hydrogen) atoms. The van der Waals surface area contributed by atoms with Crippen molar-refractivity contribution in [3.05, 3.63) is 53.6 Å². The fourth-order valence-electron chi connectivity index (χ4n) is 3.78. The Bertz CT molecular complexity index is 1170. The van der Waals surface area contributed by atoms with Gasteiger partial charge in [0.1, 0.15) is 5.82 Å². The van der Waals surface area contributed by atoms with Gasteiger partial charge >= 0.3 is 0 Å². The van der Waals surface area contributed by atoms with Crippen LogP contribution in [0.4, 0.5) is 11.8 Å². The maximum absolute atomic E-state index is 12.6. The first kappa shape index (κ1) is 21.4. The van der Waals surface area contributed by atoms with Gasteiger partial charge in [0.25, 0.3) is 0 Å². The molecule has 0 aliphatic carbocycles. The fraction of sp³-hybridized carbons (Fsp3) is 0.292. The Morgan fingerprint density at radius 3 is 2.44 bits per heavy atom. The molecule has 4 rings (SSSR count). The number of aryl methyl sites for hydroxylation is 1. The third kappa shape index (κ3) is 4.44. The molecular weight excluding hydrogens is 406 g/mol. The summed E-state index contributed by atoms with van der Waals surface area (Å²) in [4.78, 5) is 25.6. The predicted molar refractivity (Wildman–Crippen MR) is 126 cm³/mol. The van der Waals surface area contributed by atoms with Gasteiger partial charge in [-0.3, -0.25) is 4.79 Å². The van der Waals surface area contributed by atoms with E-state index in [0.717, 1.165) is 5.56 Å². The van der Waals surface area contributed by atoms with Gasteiger partial charge < -0.3 is 25.0 Å². The molecule has 2 heterocycles. The molecule has 1 saturated heterocycles. The lowest BCUT2D eigenvalue weighted by atomic mass is 10.1. The first-order chi connectivity index (χ1) is 15.5. The Morgan fingerprint density at radius 1 is 1.03 bits per heavy atom. The van der Waals surface area contributed by atoms with E-state index >= 15 is 0 Å². The highest BCUT2D eigenvalue weighted by Crippen LogP contribution is 2.34. The standard InChI is InChI=1S/C24H27N5O3/c1-16-5-4-6-17(13-16)7-8-22(30)28-9-11-29(12-10-28)24-26-19-15-21(32-3)20(31-2)14-18(19)23(25)27-24/h4-8,13-15H,9-12H2,1-3H3,(H2,25,26,27)/b8-7+. The molecule has 0 bridgehead atoms. The van der Waals surface area contributed by atoms with E-state index in [0.29, 0.717) is 60.3 Å². The van der Waals surface area contributed by atoms with Crippen molar-refractivity contribution < 1.29 is 14.3 Å². The highest BCUT2D eigenvalue weighted by atomic mass is 16.5. The monoisotopic (exact) mass is 433 g/mol. The number of carbonyl (C=O) groups is 1. The van der Waals surface area contributed by atoms with Crippen molar-refractivity contribution in [3.8, 4) is 11.5 Å². The Hall–Kier alpha value is -3.81. The van der Waals surface area contributed by atoms with E-state index in [1.807, 2.05) is 47.1 Å². The Kier molecular flexibility index (Phi) is 6.11. The Morgan fingerprint density at radius 2 is 1.75 bits per heavy atom. The van der Waals surface area contributed by atoms with Crippen molar-refractivity contribution in [1.82, 2.24) is 14.9 Å². The molecule has 8 nitrogen and oxygen atoms in total. The van der Waals surface area contributed by atoms with E-state index in [2.05, 4.69) is 9.97 Å². The van der Waals surface area contributed by atoms with Crippen LogP contribution in [-0.4, -0.2) is 61.2 Å². The second-order valence-corrected chi connectivity index (χ2v) is 7.69. The number of carbonyl (C=O) groups excluding carboxylic acids is 1. The summed E-state index contributed by atoms with van der Waals surface area (Å²) < 4.78 is 10.7. The summed E-state index contributed by atoms with van der Waals surface area (Å²) in [6.45, 7) is 4.46. The quantitative estimate of drug-likeness (QED) is 0.618. The van der Waals surface area contributed by atoms with Crippen LogP contribution in [0.15, 0.2) is 42.5 Å². The normalized spacial score (nSPS) is 14.2. The third-order valence-corrected chi connectivity index (χ3v) is 5.55. The smallest absolute Gasteiger partial charge is 0.246 e. The van der Waals surface area contributed by atoms with Crippen LogP contribution in [0.5, 0.6) is 11.5 Å². The molecule has 0 atom stereocenters. The summed E-state index contributed by atoms with van der Waals surface area (Å²) in [5, 5.41) is 0.710. The SMILES string of the molecule is COc1cc2nc(N3CCN(C(=O)/C=C/c4cccc(C)c4)CC3)nc(N)c2cc1OC. The third-order valence-electron chi connectivity index (χ3n) is 5.55. The van der Waals surface area contributed by atoms with Gasteiger partial charge in [0, 0.05) is 43.7 Å². The van der Waals surface area contributed by atoms with Crippen molar-refractivity contribution in [1.29, 1.82) is 0 Å². The number of aromatic nitrogens is 2. The lowest BCUT2D eigenvalue weighted by Crippen LogP contribution is -2.48. The molecule has 166 valence electrons. The number of rotatable bonds is 5. The van der Waals surface area contributed by atoms with E-state index in [4.69, 9.17) is 15.2 Å². The van der Waals surface area contributed by atoms with Crippen LogP contribution in [0.25, 0.3) is 17.0 Å². The number of methoxy groups -OCH3 is 2. The van der Waals surface area contributed by atoms with Gasteiger partial charge in [0.2, 0.25) is 11.9 Å². The largest absolute Gasteiger partial charge is 0.493 e. The number of hydrogen-bond acceptors (Lipinski definition) is 7. The lowest BCUT2D eigenvalue weighted by Gasteiger charge is -2.34. The fourth-order valence-corrected chi connectivity index (χ4v) is 3.78. The van der Waals surface area contributed by atoms with E-state index in [-0.39, 0.29) is 5.91 Å². The van der Waals surface area contributed by atoms with Crippen molar-refractivity contribution in [2.24, 2.45) is 0 Å². The van der Waals surface area contributed by atoms with Crippen LogP contribution < -0.4 is 20.1 Å². The molecule has 0 unspecified atom stereocenters. The minimum Gasteiger partial charge on any atom is -0.493 e. The molecule has 1 aromatic heterocycles. The van der Waals surface area contributed by atoms with E-state index in [1.54, 1.807) is 32.4 Å². The lowest BCUT2D eigenvalue weighted by molar-refractivity contribution is -0.126. The van der Waals surface area contributed by atoms with Gasteiger partial charge in [-0.2, -0.15) is 4.98 Å². The summed E-state index contributed by atoms with van der Waals surface area (Å²) in [6, 6.07) is 11.6. The van der Waals surface area contributed by atoms with Crippen LogP contribution in [0.2, 0.25) is 0 Å². The van der Waals surface area contributed by atoms with Crippen molar-refractivity contribution in [2.75, 3.05) is 51.0 Å².